The Labute approximate surface area is 109 Å². The zero-order valence-corrected chi connectivity index (χ0v) is 11.3. The molecule has 18 heavy (non-hydrogen) atoms. The van der Waals surface area contributed by atoms with Gasteiger partial charge in [0.25, 0.3) is 0 Å². The summed E-state index contributed by atoms with van der Waals surface area (Å²) in [6, 6.07) is 8.28. The normalized spacial score (nSPS) is 15.2. The average Bonchev–Trinajstić information content (AvgIpc) is 2.32. The summed E-state index contributed by atoms with van der Waals surface area (Å²) in [7, 11) is 0. The Morgan fingerprint density at radius 1 is 1.39 bits per heavy atom. The molecule has 3 nitrogen and oxygen atoms in total. The van der Waals surface area contributed by atoms with Gasteiger partial charge in [-0.05, 0) is 44.0 Å². The summed E-state index contributed by atoms with van der Waals surface area (Å²) in [6.45, 7) is 7.66. The van der Waals surface area contributed by atoms with Crippen LogP contribution in [0.25, 0.3) is 0 Å². The number of hydrogen-bond acceptors (Lipinski definition) is 2. The van der Waals surface area contributed by atoms with Crippen LogP contribution in [0.3, 0.4) is 0 Å². The lowest BCUT2D eigenvalue weighted by molar-refractivity contribution is -0.133. The fourth-order valence-electron chi connectivity index (χ4n) is 2.24. The van der Waals surface area contributed by atoms with Crippen LogP contribution in [-0.2, 0) is 11.3 Å². The van der Waals surface area contributed by atoms with Gasteiger partial charge < -0.3 is 10.2 Å². The first-order chi connectivity index (χ1) is 8.70. The summed E-state index contributed by atoms with van der Waals surface area (Å²) in [4.78, 5) is 14.2. The topological polar surface area (TPSA) is 32.3 Å². The van der Waals surface area contributed by atoms with Crippen LogP contribution in [0.5, 0.6) is 0 Å². The SMILES string of the molecule is CCN(Cc1ccccc1C)C(=O)CC1CNC1. The first kappa shape index (κ1) is 13.1. The van der Waals surface area contributed by atoms with Gasteiger partial charge in [-0.15, -0.1) is 0 Å². The van der Waals surface area contributed by atoms with E-state index in [9.17, 15) is 4.79 Å². The van der Waals surface area contributed by atoms with E-state index in [1.165, 1.54) is 11.1 Å². The predicted octanol–water partition coefficient (Wildman–Crippen LogP) is 1.95. The van der Waals surface area contributed by atoms with E-state index in [0.29, 0.717) is 12.3 Å². The smallest absolute Gasteiger partial charge is 0.223 e. The molecule has 1 amide bonds. The molecule has 1 fully saturated rings. The number of rotatable bonds is 5. The van der Waals surface area contributed by atoms with Crippen LogP contribution in [0.2, 0.25) is 0 Å². The van der Waals surface area contributed by atoms with Gasteiger partial charge in [-0.2, -0.15) is 0 Å². The van der Waals surface area contributed by atoms with Gasteiger partial charge in [0, 0.05) is 19.5 Å². The molecule has 1 heterocycles. The molecule has 0 unspecified atom stereocenters. The Hall–Kier alpha value is -1.35. The summed E-state index contributed by atoms with van der Waals surface area (Å²) in [5.41, 5.74) is 2.51. The molecular weight excluding hydrogens is 224 g/mol. The second kappa shape index (κ2) is 6.01. The molecule has 0 saturated carbocycles. The van der Waals surface area contributed by atoms with E-state index in [1.807, 2.05) is 17.0 Å². The summed E-state index contributed by atoms with van der Waals surface area (Å²) < 4.78 is 0. The van der Waals surface area contributed by atoms with Crippen LogP contribution in [0.4, 0.5) is 0 Å². The highest BCUT2D eigenvalue weighted by Gasteiger charge is 2.23. The van der Waals surface area contributed by atoms with E-state index in [0.717, 1.165) is 26.2 Å². The molecule has 1 saturated heterocycles. The maximum Gasteiger partial charge on any atom is 0.223 e. The summed E-state index contributed by atoms with van der Waals surface area (Å²) >= 11 is 0. The fourth-order valence-corrected chi connectivity index (χ4v) is 2.24. The summed E-state index contributed by atoms with van der Waals surface area (Å²) in [5, 5.41) is 3.21. The zero-order valence-electron chi connectivity index (χ0n) is 11.3. The second-order valence-corrected chi connectivity index (χ2v) is 5.06. The van der Waals surface area contributed by atoms with Crippen LogP contribution in [0.15, 0.2) is 24.3 Å². The highest BCUT2D eigenvalue weighted by atomic mass is 16.2. The number of benzene rings is 1. The molecule has 1 N–H and O–H groups in total. The molecule has 3 heteroatoms. The second-order valence-electron chi connectivity index (χ2n) is 5.06. The van der Waals surface area contributed by atoms with Crippen molar-refractivity contribution in [2.45, 2.75) is 26.8 Å². The Balaban J connectivity index is 1.95. The number of nitrogens with zero attached hydrogens (tertiary/aromatic N) is 1. The Kier molecular flexibility index (Phi) is 4.37. The molecule has 0 radical (unpaired) electrons. The van der Waals surface area contributed by atoms with E-state index >= 15 is 0 Å². The molecule has 98 valence electrons. The van der Waals surface area contributed by atoms with Crippen LogP contribution < -0.4 is 5.32 Å². The minimum absolute atomic E-state index is 0.284. The van der Waals surface area contributed by atoms with E-state index < -0.39 is 0 Å². The molecular formula is C15H22N2O. The lowest BCUT2D eigenvalue weighted by Crippen LogP contribution is -2.45. The Morgan fingerprint density at radius 3 is 2.67 bits per heavy atom. The van der Waals surface area contributed by atoms with Crippen molar-refractivity contribution < 1.29 is 4.79 Å². The third kappa shape index (κ3) is 3.10. The van der Waals surface area contributed by atoms with Gasteiger partial charge in [0.05, 0.1) is 0 Å². The standard InChI is InChI=1S/C15H22N2O/c1-3-17(15(18)8-13-9-16-10-13)11-14-7-5-4-6-12(14)2/h4-7,13,16H,3,8-11H2,1-2H3. The molecule has 1 aliphatic heterocycles. The van der Waals surface area contributed by atoms with E-state index in [4.69, 9.17) is 0 Å². The summed E-state index contributed by atoms with van der Waals surface area (Å²) in [6.07, 6.45) is 0.687. The molecule has 0 aromatic heterocycles. The highest BCUT2D eigenvalue weighted by Crippen LogP contribution is 2.14. The molecule has 2 rings (SSSR count). The number of carbonyl (C=O) groups is 1. The number of aryl methyl sites for hydroxylation is 1. The molecule has 0 aliphatic carbocycles. The van der Waals surface area contributed by atoms with Gasteiger partial charge in [0.1, 0.15) is 0 Å². The van der Waals surface area contributed by atoms with Crippen LogP contribution >= 0.6 is 0 Å². The van der Waals surface area contributed by atoms with Crippen LogP contribution in [-0.4, -0.2) is 30.4 Å². The molecule has 0 atom stereocenters. The largest absolute Gasteiger partial charge is 0.339 e. The predicted molar refractivity (Wildman–Crippen MR) is 73.2 cm³/mol. The van der Waals surface area contributed by atoms with E-state index in [2.05, 4.69) is 31.3 Å². The number of carbonyl (C=O) groups excluding carboxylic acids is 1. The van der Waals surface area contributed by atoms with E-state index in [1.54, 1.807) is 0 Å². The van der Waals surface area contributed by atoms with Gasteiger partial charge >= 0.3 is 0 Å². The van der Waals surface area contributed by atoms with Crippen molar-refractivity contribution in [2.24, 2.45) is 5.92 Å². The lowest BCUT2D eigenvalue weighted by Gasteiger charge is -2.29. The first-order valence-electron chi connectivity index (χ1n) is 6.73. The van der Waals surface area contributed by atoms with Crippen molar-refractivity contribution in [1.82, 2.24) is 10.2 Å². The maximum atomic E-state index is 12.2. The maximum absolute atomic E-state index is 12.2. The van der Waals surface area contributed by atoms with Gasteiger partial charge in [0.2, 0.25) is 5.91 Å². The molecule has 1 aromatic carbocycles. The molecule has 0 spiro atoms. The van der Waals surface area contributed by atoms with Crippen LogP contribution in [0.1, 0.15) is 24.5 Å². The summed E-state index contributed by atoms with van der Waals surface area (Å²) in [5.74, 6) is 0.829. The number of nitrogens with one attached hydrogen (secondary N) is 1. The molecule has 0 bridgehead atoms. The van der Waals surface area contributed by atoms with Crippen molar-refractivity contribution >= 4 is 5.91 Å². The fraction of sp³-hybridized carbons (Fsp3) is 0.533. The van der Waals surface area contributed by atoms with Gasteiger partial charge in [-0.3, -0.25) is 4.79 Å². The first-order valence-corrected chi connectivity index (χ1v) is 6.73. The minimum atomic E-state index is 0.284. The van der Waals surface area contributed by atoms with Crippen molar-refractivity contribution in [3.8, 4) is 0 Å². The lowest BCUT2D eigenvalue weighted by atomic mass is 9.98. The third-order valence-corrected chi connectivity index (χ3v) is 3.69. The third-order valence-electron chi connectivity index (χ3n) is 3.69. The monoisotopic (exact) mass is 246 g/mol. The Morgan fingerprint density at radius 2 is 2.11 bits per heavy atom. The van der Waals surface area contributed by atoms with Gasteiger partial charge in [-0.1, -0.05) is 24.3 Å². The van der Waals surface area contributed by atoms with E-state index in [-0.39, 0.29) is 5.91 Å². The van der Waals surface area contributed by atoms with Crippen molar-refractivity contribution in [1.29, 1.82) is 0 Å². The zero-order chi connectivity index (χ0) is 13.0. The van der Waals surface area contributed by atoms with Gasteiger partial charge in [0.15, 0.2) is 0 Å². The molecule has 1 aromatic rings. The average molecular weight is 246 g/mol. The van der Waals surface area contributed by atoms with Crippen LogP contribution in [0, 0.1) is 12.8 Å². The number of hydrogen-bond donors (Lipinski definition) is 1. The quantitative estimate of drug-likeness (QED) is 0.861. The van der Waals surface area contributed by atoms with Crippen molar-refractivity contribution in [3.05, 3.63) is 35.4 Å². The van der Waals surface area contributed by atoms with Crippen molar-refractivity contribution in [2.75, 3.05) is 19.6 Å². The molecule has 1 aliphatic rings. The van der Waals surface area contributed by atoms with Crippen molar-refractivity contribution in [3.63, 3.8) is 0 Å². The number of amides is 1. The highest BCUT2D eigenvalue weighted by molar-refractivity contribution is 5.76. The minimum Gasteiger partial charge on any atom is -0.339 e. The Bertz CT molecular complexity index is 413. The van der Waals surface area contributed by atoms with Gasteiger partial charge in [-0.25, -0.2) is 0 Å².